The summed E-state index contributed by atoms with van der Waals surface area (Å²) in [6, 6.07) is 6.54. The normalized spacial score (nSPS) is 13.0. The van der Waals surface area contributed by atoms with Crippen LogP contribution in [-0.4, -0.2) is 6.54 Å². The molecule has 2 heteroatoms. The molecule has 1 aromatic carbocycles. The SMILES string of the molecule is CC(C)(C)/C(=C/c1cccc(F)c1)CN. The third kappa shape index (κ3) is 3.48. The lowest BCUT2D eigenvalue weighted by Crippen LogP contribution is -2.17. The Bertz CT molecular complexity index is 361. The largest absolute Gasteiger partial charge is 0.327 e. The summed E-state index contributed by atoms with van der Waals surface area (Å²) in [5.74, 6) is -0.214. The summed E-state index contributed by atoms with van der Waals surface area (Å²) in [7, 11) is 0. The van der Waals surface area contributed by atoms with Crippen LogP contribution in [0.4, 0.5) is 4.39 Å². The Hall–Kier alpha value is -1.15. The standard InChI is InChI=1S/C13H18FN/c1-13(2,3)11(9-15)7-10-5-4-6-12(14)8-10/h4-8H,9,15H2,1-3H3/b11-7+. The summed E-state index contributed by atoms with van der Waals surface area (Å²) < 4.78 is 13.0. The van der Waals surface area contributed by atoms with Gasteiger partial charge in [0.25, 0.3) is 0 Å². The van der Waals surface area contributed by atoms with Crippen molar-refractivity contribution in [3.63, 3.8) is 0 Å². The van der Waals surface area contributed by atoms with Gasteiger partial charge in [-0.3, -0.25) is 0 Å². The van der Waals surface area contributed by atoms with Crippen LogP contribution in [0.15, 0.2) is 29.8 Å². The van der Waals surface area contributed by atoms with E-state index in [0.717, 1.165) is 11.1 Å². The van der Waals surface area contributed by atoms with Gasteiger partial charge in [-0.25, -0.2) is 4.39 Å². The molecule has 0 unspecified atom stereocenters. The van der Waals surface area contributed by atoms with Crippen LogP contribution in [0.1, 0.15) is 26.3 Å². The van der Waals surface area contributed by atoms with Gasteiger partial charge in [0.05, 0.1) is 0 Å². The second-order valence-corrected chi connectivity index (χ2v) is 4.68. The van der Waals surface area contributed by atoms with E-state index in [4.69, 9.17) is 5.73 Å². The van der Waals surface area contributed by atoms with E-state index in [2.05, 4.69) is 20.8 Å². The van der Waals surface area contributed by atoms with Crippen molar-refractivity contribution in [1.29, 1.82) is 0 Å². The van der Waals surface area contributed by atoms with E-state index in [9.17, 15) is 4.39 Å². The van der Waals surface area contributed by atoms with Crippen LogP contribution in [0.5, 0.6) is 0 Å². The first-order valence-corrected chi connectivity index (χ1v) is 5.10. The third-order valence-corrected chi connectivity index (χ3v) is 2.37. The molecule has 0 aliphatic heterocycles. The monoisotopic (exact) mass is 207 g/mol. The maximum Gasteiger partial charge on any atom is 0.123 e. The van der Waals surface area contributed by atoms with E-state index in [1.807, 2.05) is 12.1 Å². The second-order valence-electron chi connectivity index (χ2n) is 4.68. The van der Waals surface area contributed by atoms with Crippen molar-refractivity contribution in [1.82, 2.24) is 0 Å². The minimum atomic E-state index is -0.214. The quantitative estimate of drug-likeness (QED) is 0.791. The molecule has 0 aliphatic carbocycles. The summed E-state index contributed by atoms with van der Waals surface area (Å²) in [5, 5.41) is 0. The van der Waals surface area contributed by atoms with E-state index < -0.39 is 0 Å². The molecule has 0 radical (unpaired) electrons. The molecule has 0 atom stereocenters. The Morgan fingerprint density at radius 2 is 2.07 bits per heavy atom. The topological polar surface area (TPSA) is 26.0 Å². The van der Waals surface area contributed by atoms with Gasteiger partial charge in [-0.05, 0) is 23.1 Å². The van der Waals surface area contributed by atoms with Gasteiger partial charge in [-0.15, -0.1) is 0 Å². The van der Waals surface area contributed by atoms with Crippen LogP contribution in [0, 0.1) is 11.2 Å². The van der Waals surface area contributed by atoms with Crippen molar-refractivity contribution in [2.75, 3.05) is 6.54 Å². The molecule has 0 amide bonds. The maximum atomic E-state index is 13.0. The van der Waals surface area contributed by atoms with Gasteiger partial charge < -0.3 is 5.73 Å². The average molecular weight is 207 g/mol. The van der Waals surface area contributed by atoms with Gasteiger partial charge in [0.2, 0.25) is 0 Å². The zero-order valence-electron chi connectivity index (χ0n) is 9.55. The zero-order valence-corrected chi connectivity index (χ0v) is 9.55. The number of hydrogen-bond acceptors (Lipinski definition) is 1. The molecule has 1 nitrogen and oxygen atoms in total. The van der Waals surface area contributed by atoms with Crippen LogP contribution >= 0.6 is 0 Å². The average Bonchev–Trinajstić information content (AvgIpc) is 2.12. The van der Waals surface area contributed by atoms with E-state index in [-0.39, 0.29) is 11.2 Å². The van der Waals surface area contributed by atoms with Crippen molar-refractivity contribution in [3.05, 3.63) is 41.2 Å². The molecule has 0 aliphatic rings. The highest BCUT2D eigenvalue weighted by Crippen LogP contribution is 2.26. The fraction of sp³-hybridized carbons (Fsp3) is 0.385. The van der Waals surface area contributed by atoms with E-state index >= 15 is 0 Å². The molecule has 1 aromatic rings. The van der Waals surface area contributed by atoms with Crippen LogP contribution in [0.2, 0.25) is 0 Å². The van der Waals surface area contributed by atoms with Crippen molar-refractivity contribution in [2.24, 2.45) is 11.1 Å². The number of nitrogens with two attached hydrogens (primary N) is 1. The van der Waals surface area contributed by atoms with E-state index in [1.54, 1.807) is 6.07 Å². The summed E-state index contributed by atoms with van der Waals surface area (Å²) in [4.78, 5) is 0. The van der Waals surface area contributed by atoms with Gasteiger partial charge in [0.15, 0.2) is 0 Å². The maximum absolute atomic E-state index is 13.0. The minimum absolute atomic E-state index is 0.0288. The molecule has 82 valence electrons. The van der Waals surface area contributed by atoms with Gasteiger partial charge in [0.1, 0.15) is 5.82 Å². The first-order valence-electron chi connectivity index (χ1n) is 5.10. The summed E-state index contributed by atoms with van der Waals surface area (Å²) in [6.07, 6.45) is 1.96. The van der Waals surface area contributed by atoms with Crippen LogP contribution in [0.3, 0.4) is 0 Å². The highest BCUT2D eigenvalue weighted by Gasteiger charge is 2.15. The predicted octanol–water partition coefficient (Wildman–Crippen LogP) is 3.21. The van der Waals surface area contributed by atoms with Crippen LogP contribution in [-0.2, 0) is 0 Å². The third-order valence-electron chi connectivity index (χ3n) is 2.37. The van der Waals surface area contributed by atoms with E-state index in [1.165, 1.54) is 12.1 Å². The summed E-state index contributed by atoms with van der Waals surface area (Å²) in [5.41, 5.74) is 7.70. The number of halogens is 1. The smallest absolute Gasteiger partial charge is 0.123 e. The molecule has 0 fully saturated rings. The Morgan fingerprint density at radius 3 is 2.53 bits per heavy atom. The lowest BCUT2D eigenvalue weighted by atomic mass is 9.85. The Morgan fingerprint density at radius 1 is 1.40 bits per heavy atom. The fourth-order valence-corrected chi connectivity index (χ4v) is 1.38. The second kappa shape index (κ2) is 4.58. The molecular weight excluding hydrogens is 189 g/mol. The van der Waals surface area contributed by atoms with Gasteiger partial charge >= 0.3 is 0 Å². The van der Waals surface area contributed by atoms with Crippen LogP contribution < -0.4 is 5.73 Å². The molecule has 15 heavy (non-hydrogen) atoms. The molecule has 1 rings (SSSR count). The Kier molecular flexibility index (Phi) is 3.64. The molecular formula is C13H18FN. The molecule has 0 spiro atoms. The number of benzene rings is 1. The lowest BCUT2D eigenvalue weighted by molar-refractivity contribution is 0.499. The molecule has 2 N–H and O–H groups in total. The van der Waals surface area contributed by atoms with Gasteiger partial charge in [0, 0.05) is 6.54 Å². The van der Waals surface area contributed by atoms with Crippen molar-refractivity contribution < 1.29 is 4.39 Å². The molecule has 0 aromatic heterocycles. The first-order chi connectivity index (χ1) is 6.93. The Balaban J connectivity index is 3.04. The molecule has 0 saturated carbocycles. The minimum Gasteiger partial charge on any atom is -0.327 e. The zero-order chi connectivity index (χ0) is 11.5. The molecule has 0 bridgehead atoms. The lowest BCUT2D eigenvalue weighted by Gasteiger charge is -2.21. The highest BCUT2D eigenvalue weighted by atomic mass is 19.1. The first kappa shape index (κ1) is 11.9. The fourth-order valence-electron chi connectivity index (χ4n) is 1.38. The van der Waals surface area contributed by atoms with Crippen LogP contribution in [0.25, 0.3) is 6.08 Å². The van der Waals surface area contributed by atoms with Gasteiger partial charge in [-0.2, -0.15) is 0 Å². The molecule has 0 saturated heterocycles. The number of hydrogen-bond donors (Lipinski definition) is 1. The highest BCUT2D eigenvalue weighted by molar-refractivity contribution is 5.54. The summed E-state index contributed by atoms with van der Waals surface area (Å²) >= 11 is 0. The number of rotatable bonds is 2. The van der Waals surface area contributed by atoms with Crippen molar-refractivity contribution in [3.8, 4) is 0 Å². The molecule has 0 heterocycles. The summed E-state index contributed by atoms with van der Waals surface area (Å²) in [6.45, 7) is 6.81. The predicted molar refractivity (Wildman–Crippen MR) is 62.9 cm³/mol. The Labute approximate surface area is 90.8 Å². The van der Waals surface area contributed by atoms with Crippen molar-refractivity contribution in [2.45, 2.75) is 20.8 Å². The van der Waals surface area contributed by atoms with Crippen molar-refractivity contribution >= 4 is 6.08 Å². The van der Waals surface area contributed by atoms with E-state index in [0.29, 0.717) is 6.54 Å². The van der Waals surface area contributed by atoms with Gasteiger partial charge in [-0.1, -0.05) is 44.6 Å².